The highest BCUT2D eigenvalue weighted by Crippen LogP contribution is 2.30. The molecular weight excluding hydrogens is 273 g/mol. The molecule has 5 heteroatoms. The van der Waals surface area contributed by atoms with Crippen LogP contribution in [0.1, 0.15) is 29.4 Å². The fourth-order valence-electron chi connectivity index (χ4n) is 1.69. The topological polar surface area (TPSA) is 17.1 Å². The second-order valence-corrected chi connectivity index (χ2v) is 5.17. The molecule has 1 heterocycles. The minimum atomic E-state index is -1.48. The van der Waals surface area contributed by atoms with Crippen LogP contribution in [0.25, 0.3) is 10.4 Å². The van der Waals surface area contributed by atoms with Gasteiger partial charge >= 0.3 is 0 Å². The molecule has 100 valence electrons. The third-order valence-corrected chi connectivity index (χ3v) is 3.80. The Balaban J connectivity index is 2.35. The van der Waals surface area contributed by atoms with Crippen molar-refractivity contribution in [3.63, 3.8) is 0 Å². The third-order valence-electron chi connectivity index (χ3n) is 2.63. The van der Waals surface area contributed by atoms with Gasteiger partial charge in [-0.05, 0) is 36.2 Å². The minimum absolute atomic E-state index is 0.00167. The predicted octanol–water partition coefficient (Wildman–Crippen LogP) is 4.82. The minimum Gasteiger partial charge on any atom is -0.293 e. The molecule has 1 aromatic heterocycles. The van der Waals surface area contributed by atoms with Crippen LogP contribution in [0, 0.1) is 17.5 Å². The zero-order chi connectivity index (χ0) is 14.0. The maximum absolute atomic E-state index is 13.1. The molecule has 2 aromatic rings. The highest BCUT2D eigenvalue weighted by molar-refractivity contribution is 7.17. The van der Waals surface area contributed by atoms with Gasteiger partial charge < -0.3 is 0 Å². The van der Waals surface area contributed by atoms with Crippen molar-refractivity contribution in [2.75, 3.05) is 0 Å². The van der Waals surface area contributed by atoms with Crippen LogP contribution in [0.2, 0.25) is 0 Å². The van der Waals surface area contributed by atoms with Crippen molar-refractivity contribution >= 4 is 17.1 Å². The summed E-state index contributed by atoms with van der Waals surface area (Å²) in [6.45, 7) is 1.90. The van der Waals surface area contributed by atoms with Crippen LogP contribution in [-0.2, 0) is 0 Å². The highest BCUT2D eigenvalue weighted by atomic mass is 32.1. The number of halogens is 3. The normalized spacial score (nSPS) is 10.7. The molecule has 19 heavy (non-hydrogen) atoms. The lowest BCUT2D eigenvalue weighted by molar-refractivity contribution is 0.0985. The standard InChI is InChI=1S/C14H11F3OS/c1-2-3-11(18)13-5-4-12(19-13)8-6-9(15)14(17)10(16)7-8/h4-7H,2-3H2,1H3. The number of hydrogen-bond donors (Lipinski definition) is 0. The Hall–Kier alpha value is -1.62. The first-order chi connectivity index (χ1) is 9.02. The molecule has 0 amide bonds. The number of carbonyl (C=O) groups is 1. The zero-order valence-corrected chi connectivity index (χ0v) is 11.0. The van der Waals surface area contributed by atoms with E-state index in [4.69, 9.17) is 0 Å². The summed E-state index contributed by atoms with van der Waals surface area (Å²) >= 11 is 1.15. The Bertz CT molecular complexity index is 596. The number of hydrogen-bond acceptors (Lipinski definition) is 2. The molecule has 0 atom stereocenters. The molecule has 2 rings (SSSR count). The average Bonchev–Trinajstić information content (AvgIpc) is 2.85. The molecule has 0 fully saturated rings. The average molecular weight is 284 g/mol. The molecule has 0 spiro atoms. The molecule has 0 bridgehead atoms. The van der Waals surface area contributed by atoms with Crippen LogP contribution in [0.4, 0.5) is 13.2 Å². The Morgan fingerprint density at radius 2 is 1.79 bits per heavy atom. The Morgan fingerprint density at radius 3 is 2.37 bits per heavy atom. The number of rotatable bonds is 4. The monoisotopic (exact) mass is 284 g/mol. The van der Waals surface area contributed by atoms with Crippen LogP contribution >= 0.6 is 11.3 Å². The second-order valence-electron chi connectivity index (χ2n) is 4.09. The van der Waals surface area contributed by atoms with Gasteiger partial charge in [0.05, 0.1) is 4.88 Å². The van der Waals surface area contributed by atoms with E-state index in [1.165, 1.54) is 0 Å². The number of Topliss-reactive ketones (excluding diaryl/α,β-unsaturated/α-hetero) is 1. The van der Waals surface area contributed by atoms with Crippen LogP contribution in [0.5, 0.6) is 0 Å². The van der Waals surface area contributed by atoms with E-state index in [0.29, 0.717) is 16.2 Å². The van der Waals surface area contributed by atoms with E-state index < -0.39 is 17.5 Å². The number of thiophene rings is 1. The first-order valence-corrected chi connectivity index (χ1v) is 6.62. The summed E-state index contributed by atoms with van der Waals surface area (Å²) in [7, 11) is 0. The van der Waals surface area contributed by atoms with Crippen molar-refractivity contribution in [1.82, 2.24) is 0 Å². The number of carbonyl (C=O) groups excluding carboxylic acids is 1. The van der Waals surface area contributed by atoms with Gasteiger partial charge in [-0.1, -0.05) is 6.92 Å². The van der Waals surface area contributed by atoms with Gasteiger partial charge in [-0.25, -0.2) is 13.2 Å². The van der Waals surface area contributed by atoms with Gasteiger partial charge in [0.2, 0.25) is 0 Å². The summed E-state index contributed by atoms with van der Waals surface area (Å²) in [4.78, 5) is 12.8. The summed E-state index contributed by atoms with van der Waals surface area (Å²) in [6.07, 6.45) is 1.18. The molecule has 1 nitrogen and oxygen atoms in total. The summed E-state index contributed by atoms with van der Waals surface area (Å²) < 4.78 is 39.1. The summed E-state index contributed by atoms with van der Waals surface area (Å²) in [6, 6.07) is 5.09. The van der Waals surface area contributed by atoms with Crippen molar-refractivity contribution in [2.24, 2.45) is 0 Å². The van der Waals surface area contributed by atoms with Crippen molar-refractivity contribution in [2.45, 2.75) is 19.8 Å². The smallest absolute Gasteiger partial charge is 0.194 e. The first kappa shape index (κ1) is 13.8. The molecular formula is C14H11F3OS. The van der Waals surface area contributed by atoms with Crippen molar-refractivity contribution in [3.8, 4) is 10.4 Å². The third kappa shape index (κ3) is 2.87. The van der Waals surface area contributed by atoms with Gasteiger partial charge in [-0.15, -0.1) is 11.3 Å². The molecule has 0 N–H and O–H groups in total. The van der Waals surface area contributed by atoms with Crippen LogP contribution in [0.15, 0.2) is 24.3 Å². The van der Waals surface area contributed by atoms with E-state index in [0.717, 1.165) is 29.9 Å². The van der Waals surface area contributed by atoms with Gasteiger partial charge in [0, 0.05) is 11.3 Å². The van der Waals surface area contributed by atoms with Crippen molar-refractivity contribution < 1.29 is 18.0 Å². The van der Waals surface area contributed by atoms with E-state index in [1.54, 1.807) is 12.1 Å². The SMILES string of the molecule is CCCC(=O)c1ccc(-c2cc(F)c(F)c(F)c2)s1. The van der Waals surface area contributed by atoms with Gasteiger partial charge in [0.25, 0.3) is 0 Å². The van der Waals surface area contributed by atoms with Crippen LogP contribution in [0.3, 0.4) is 0 Å². The lowest BCUT2D eigenvalue weighted by atomic mass is 10.1. The van der Waals surface area contributed by atoms with Gasteiger partial charge in [0.1, 0.15) is 0 Å². The van der Waals surface area contributed by atoms with Crippen molar-refractivity contribution in [3.05, 3.63) is 46.6 Å². The Morgan fingerprint density at radius 1 is 1.16 bits per heavy atom. The van der Waals surface area contributed by atoms with E-state index in [9.17, 15) is 18.0 Å². The van der Waals surface area contributed by atoms with Gasteiger partial charge in [0.15, 0.2) is 23.2 Å². The fraction of sp³-hybridized carbons (Fsp3) is 0.214. The molecule has 0 saturated heterocycles. The highest BCUT2D eigenvalue weighted by Gasteiger charge is 2.14. The molecule has 0 aliphatic heterocycles. The molecule has 0 aliphatic rings. The van der Waals surface area contributed by atoms with E-state index in [1.807, 2.05) is 6.92 Å². The van der Waals surface area contributed by atoms with Gasteiger partial charge in [-0.3, -0.25) is 4.79 Å². The predicted molar refractivity (Wildman–Crippen MR) is 68.9 cm³/mol. The molecule has 0 saturated carbocycles. The maximum Gasteiger partial charge on any atom is 0.194 e. The fourth-order valence-corrected chi connectivity index (χ4v) is 2.65. The van der Waals surface area contributed by atoms with E-state index in [2.05, 4.69) is 0 Å². The molecule has 0 radical (unpaired) electrons. The first-order valence-electron chi connectivity index (χ1n) is 5.81. The Kier molecular flexibility index (Phi) is 4.04. The summed E-state index contributed by atoms with van der Waals surface area (Å²) in [5.74, 6) is -3.95. The largest absolute Gasteiger partial charge is 0.293 e. The van der Waals surface area contributed by atoms with E-state index in [-0.39, 0.29) is 11.3 Å². The molecule has 1 aromatic carbocycles. The quantitative estimate of drug-likeness (QED) is 0.581. The van der Waals surface area contributed by atoms with Gasteiger partial charge in [-0.2, -0.15) is 0 Å². The summed E-state index contributed by atoms with van der Waals surface area (Å²) in [5, 5.41) is 0. The van der Waals surface area contributed by atoms with Crippen LogP contribution < -0.4 is 0 Å². The van der Waals surface area contributed by atoms with Crippen LogP contribution in [-0.4, -0.2) is 5.78 Å². The Labute approximate surface area is 112 Å². The van der Waals surface area contributed by atoms with Crippen molar-refractivity contribution in [1.29, 1.82) is 0 Å². The maximum atomic E-state index is 13.1. The molecule has 0 unspecified atom stereocenters. The second kappa shape index (κ2) is 5.57. The molecule has 0 aliphatic carbocycles. The summed E-state index contributed by atoms with van der Waals surface area (Å²) in [5.41, 5.74) is 0.233. The number of ketones is 1. The zero-order valence-electron chi connectivity index (χ0n) is 10.2. The lowest BCUT2D eigenvalue weighted by Gasteiger charge is -2.00. The lowest BCUT2D eigenvalue weighted by Crippen LogP contribution is -1.93. The number of benzene rings is 1. The van der Waals surface area contributed by atoms with E-state index >= 15 is 0 Å².